The maximum atomic E-state index is 5.97. The molecule has 1 heterocycles. The lowest BCUT2D eigenvalue weighted by Gasteiger charge is -2.19. The fourth-order valence-electron chi connectivity index (χ4n) is 2.30. The van der Waals surface area contributed by atoms with Gasteiger partial charge in [-0.1, -0.05) is 32.0 Å². The highest BCUT2D eigenvalue weighted by Gasteiger charge is 2.19. The third-order valence-electron chi connectivity index (χ3n) is 3.36. The van der Waals surface area contributed by atoms with Gasteiger partial charge in [-0.2, -0.15) is 0 Å². The van der Waals surface area contributed by atoms with E-state index < -0.39 is 0 Å². The number of hydrogen-bond donors (Lipinski definition) is 1. The van der Waals surface area contributed by atoms with Gasteiger partial charge in [-0.15, -0.1) is 11.8 Å². The molecule has 0 aliphatic carbocycles. The van der Waals surface area contributed by atoms with E-state index in [9.17, 15) is 0 Å². The Balaban J connectivity index is 2.35. The van der Waals surface area contributed by atoms with Gasteiger partial charge in [-0.05, 0) is 43.0 Å². The molecule has 0 bridgehead atoms. The van der Waals surface area contributed by atoms with Crippen LogP contribution in [0.15, 0.2) is 45.7 Å². The monoisotopic (exact) mass is 289 g/mol. The summed E-state index contributed by atoms with van der Waals surface area (Å²) in [5, 5.41) is 3.61. The number of rotatable bonds is 7. The number of furan rings is 1. The lowest BCUT2D eigenvalue weighted by Crippen LogP contribution is -2.23. The lowest BCUT2D eigenvalue weighted by molar-refractivity contribution is 0.420. The summed E-state index contributed by atoms with van der Waals surface area (Å²) in [7, 11) is 0. The van der Waals surface area contributed by atoms with Crippen LogP contribution in [0.1, 0.15) is 43.4 Å². The Morgan fingerprint density at radius 2 is 1.95 bits per heavy atom. The van der Waals surface area contributed by atoms with Crippen LogP contribution < -0.4 is 5.32 Å². The predicted octanol–water partition coefficient (Wildman–Crippen LogP) is 4.65. The van der Waals surface area contributed by atoms with Crippen molar-refractivity contribution in [2.24, 2.45) is 0 Å². The van der Waals surface area contributed by atoms with Crippen molar-refractivity contribution in [1.29, 1.82) is 0 Å². The van der Waals surface area contributed by atoms with Crippen LogP contribution in [0.25, 0.3) is 0 Å². The van der Waals surface area contributed by atoms with Crippen molar-refractivity contribution in [3.63, 3.8) is 0 Å². The molecule has 3 heteroatoms. The average Bonchev–Trinajstić information content (AvgIpc) is 2.97. The highest BCUT2D eigenvalue weighted by Crippen LogP contribution is 2.31. The van der Waals surface area contributed by atoms with Gasteiger partial charge in [0.15, 0.2) is 0 Å². The number of nitrogens with one attached hydrogen (secondary N) is 1. The van der Waals surface area contributed by atoms with Crippen molar-refractivity contribution in [1.82, 2.24) is 5.32 Å². The average molecular weight is 289 g/mol. The minimum absolute atomic E-state index is 0.138. The maximum Gasteiger partial charge on any atom is 0.125 e. The van der Waals surface area contributed by atoms with Crippen LogP contribution in [0.5, 0.6) is 0 Å². The second kappa shape index (κ2) is 7.55. The van der Waals surface area contributed by atoms with Crippen LogP contribution >= 0.6 is 11.8 Å². The molecule has 1 aromatic carbocycles. The highest BCUT2D eigenvalue weighted by atomic mass is 32.2. The molecule has 2 rings (SSSR count). The third-order valence-corrected chi connectivity index (χ3v) is 4.18. The zero-order chi connectivity index (χ0) is 14.4. The molecule has 1 unspecified atom stereocenters. The van der Waals surface area contributed by atoms with Crippen molar-refractivity contribution >= 4 is 11.8 Å². The summed E-state index contributed by atoms with van der Waals surface area (Å²) in [4.78, 5) is 1.30. The van der Waals surface area contributed by atoms with Crippen molar-refractivity contribution < 1.29 is 4.42 Å². The van der Waals surface area contributed by atoms with Crippen molar-refractivity contribution in [2.45, 2.75) is 37.6 Å². The smallest absolute Gasteiger partial charge is 0.125 e. The molecule has 2 aromatic rings. The Hall–Kier alpha value is -1.19. The largest absolute Gasteiger partial charge is 0.464 e. The van der Waals surface area contributed by atoms with Gasteiger partial charge in [0.05, 0.1) is 6.04 Å². The first-order valence-corrected chi connectivity index (χ1v) is 8.47. The molecule has 2 nitrogen and oxygen atoms in total. The lowest BCUT2D eigenvalue weighted by atomic mass is 10.0. The quantitative estimate of drug-likeness (QED) is 0.751. The summed E-state index contributed by atoms with van der Waals surface area (Å²) >= 11 is 1.78. The Morgan fingerprint density at radius 1 is 1.15 bits per heavy atom. The number of hydrogen-bond acceptors (Lipinski definition) is 3. The second-order valence-electron chi connectivity index (χ2n) is 4.79. The summed E-state index contributed by atoms with van der Waals surface area (Å²) in [5.74, 6) is 2.06. The molecule has 0 saturated heterocycles. The standard InChI is InChI=1S/C17H23NOS/c1-4-12-18-17(15-11-10-13(5-2)19-15)14-8-6-7-9-16(14)20-3/h6-11,17-18H,4-5,12H2,1-3H3. The van der Waals surface area contributed by atoms with Gasteiger partial charge in [0.2, 0.25) is 0 Å². The van der Waals surface area contributed by atoms with Crippen LogP contribution in [-0.4, -0.2) is 12.8 Å². The van der Waals surface area contributed by atoms with Crippen molar-refractivity contribution in [3.8, 4) is 0 Å². The first-order valence-electron chi connectivity index (χ1n) is 7.25. The van der Waals surface area contributed by atoms with E-state index in [1.807, 2.05) is 0 Å². The molecule has 0 aliphatic rings. The minimum atomic E-state index is 0.138. The fraction of sp³-hybridized carbons (Fsp3) is 0.412. The first kappa shape index (κ1) is 15.2. The summed E-state index contributed by atoms with van der Waals surface area (Å²) in [6, 6.07) is 12.9. The SMILES string of the molecule is CCCNC(c1ccc(CC)o1)c1ccccc1SC. The zero-order valence-corrected chi connectivity index (χ0v) is 13.3. The molecule has 0 radical (unpaired) electrons. The van der Waals surface area contributed by atoms with Crippen molar-refractivity contribution in [3.05, 3.63) is 53.5 Å². The van der Waals surface area contributed by atoms with E-state index in [4.69, 9.17) is 4.42 Å². The van der Waals surface area contributed by atoms with Crippen molar-refractivity contribution in [2.75, 3.05) is 12.8 Å². The van der Waals surface area contributed by atoms with E-state index in [1.165, 1.54) is 10.5 Å². The minimum Gasteiger partial charge on any atom is -0.464 e. The van der Waals surface area contributed by atoms with Crippen LogP contribution in [0.2, 0.25) is 0 Å². The molecule has 1 atom stereocenters. The third kappa shape index (κ3) is 3.47. The zero-order valence-electron chi connectivity index (χ0n) is 12.5. The van der Waals surface area contributed by atoms with E-state index in [-0.39, 0.29) is 6.04 Å². The number of thioether (sulfide) groups is 1. The normalized spacial score (nSPS) is 12.6. The summed E-state index contributed by atoms with van der Waals surface area (Å²) < 4.78 is 5.97. The topological polar surface area (TPSA) is 25.2 Å². The molecular weight excluding hydrogens is 266 g/mol. The van der Waals surface area contributed by atoms with Crippen LogP contribution in [0.3, 0.4) is 0 Å². The van der Waals surface area contributed by atoms with E-state index >= 15 is 0 Å². The predicted molar refractivity (Wildman–Crippen MR) is 86.4 cm³/mol. The molecule has 1 aromatic heterocycles. The summed E-state index contributed by atoms with van der Waals surface area (Å²) in [5.41, 5.74) is 1.30. The first-order chi connectivity index (χ1) is 9.80. The number of benzene rings is 1. The van der Waals surface area contributed by atoms with E-state index in [2.05, 4.69) is 61.8 Å². The summed E-state index contributed by atoms with van der Waals surface area (Å²) in [6.45, 7) is 5.28. The van der Waals surface area contributed by atoms with E-state index in [1.54, 1.807) is 11.8 Å². The second-order valence-corrected chi connectivity index (χ2v) is 5.63. The van der Waals surface area contributed by atoms with Gasteiger partial charge in [-0.3, -0.25) is 0 Å². The Labute approximate surface area is 126 Å². The summed E-state index contributed by atoms with van der Waals surface area (Å²) in [6.07, 6.45) is 4.17. The van der Waals surface area contributed by atoms with Crippen LogP contribution in [0.4, 0.5) is 0 Å². The highest BCUT2D eigenvalue weighted by molar-refractivity contribution is 7.98. The molecule has 0 saturated carbocycles. The Morgan fingerprint density at radius 3 is 2.60 bits per heavy atom. The maximum absolute atomic E-state index is 5.97. The van der Waals surface area contributed by atoms with Gasteiger partial charge in [0.25, 0.3) is 0 Å². The molecule has 0 fully saturated rings. The molecule has 0 aliphatic heterocycles. The number of aryl methyl sites for hydroxylation is 1. The Bertz CT molecular complexity index is 535. The molecule has 1 N–H and O–H groups in total. The molecule has 108 valence electrons. The van der Waals surface area contributed by atoms with Crippen LogP contribution in [-0.2, 0) is 6.42 Å². The Kier molecular flexibility index (Phi) is 5.74. The van der Waals surface area contributed by atoms with Gasteiger partial charge < -0.3 is 9.73 Å². The van der Waals surface area contributed by atoms with Gasteiger partial charge in [-0.25, -0.2) is 0 Å². The molecule has 0 amide bonds. The molecular formula is C17H23NOS. The van der Waals surface area contributed by atoms with Gasteiger partial charge in [0, 0.05) is 11.3 Å². The van der Waals surface area contributed by atoms with E-state index in [0.29, 0.717) is 0 Å². The van der Waals surface area contributed by atoms with Gasteiger partial charge >= 0.3 is 0 Å². The van der Waals surface area contributed by atoms with Crippen LogP contribution in [0, 0.1) is 0 Å². The molecule has 0 spiro atoms. The fourth-order valence-corrected chi connectivity index (χ4v) is 2.93. The van der Waals surface area contributed by atoms with Gasteiger partial charge in [0.1, 0.15) is 11.5 Å². The molecule has 20 heavy (non-hydrogen) atoms. The van der Waals surface area contributed by atoms with E-state index in [0.717, 1.165) is 30.9 Å².